The summed E-state index contributed by atoms with van der Waals surface area (Å²) in [4.78, 5) is 27.0. The molecule has 0 unspecified atom stereocenters. The van der Waals surface area contributed by atoms with Crippen LogP contribution in [0.15, 0.2) is 91.0 Å². The number of amides is 2. The van der Waals surface area contributed by atoms with E-state index in [4.69, 9.17) is 0 Å². The van der Waals surface area contributed by atoms with Crippen molar-refractivity contribution in [3.05, 3.63) is 108 Å². The average molecular weight is 386 g/mol. The molecule has 0 spiro atoms. The van der Waals surface area contributed by atoms with Crippen molar-refractivity contribution in [3.8, 4) is 0 Å². The van der Waals surface area contributed by atoms with E-state index < -0.39 is 5.54 Å². The van der Waals surface area contributed by atoms with Gasteiger partial charge in [0.2, 0.25) is 0 Å². The highest BCUT2D eigenvalue weighted by atomic mass is 16.2. The Balaban J connectivity index is 2.07. The highest BCUT2D eigenvalue weighted by molar-refractivity contribution is 5.99. The van der Waals surface area contributed by atoms with E-state index in [1.54, 1.807) is 34.3 Å². The smallest absolute Gasteiger partial charge is 0.267 e. The first-order chi connectivity index (χ1) is 13.9. The summed E-state index contributed by atoms with van der Waals surface area (Å²) in [7, 11) is 0. The summed E-state index contributed by atoms with van der Waals surface area (Å²) in [6.45, 7) is 6.10. The van der Waals surface area contributed by atoms with Crippen molar-refractivity contribution in [3.63, 3.8) is 0 Å². The molecule has 0 saturated heterocycles. The fourth-order valence-corrected chi connectivity index (χ4v) is 3.20. The number of hydrogen-bond donors (Lipinski definition) is 0. The summed E-state index contributed by atoms with van der Waals surface area (Å²) in [6.07, 6.45) is 0. The summed E-state index contributed by atoms with van der Waals surface area (Å²) >= 11 is 0. The Morgan fingerprint density at radius 2 is 1.07 bits per heavy atom. The predicted octanol–water partition coefficient (Wildman–Crippen LogP) is 5.18. The van der Waals surface area contributed by atoms with Crippen molar-refractivity contribution >= 4 is 11.8 Å². The molecule has 0 bridgehead atoms. The molecule has 0 aliphatic carbocycles. The Hall–Kier alpha value is -3.40. The van der Waals surface area contributed by atoms with Crippen LogP contribution in [0, 0.1) is 0 Å². The van der Waals surface area contributed by atoms with E-state index in [9.17, 15) is 9.59 Å². The second-order valence-corrected chi connectivity index (χ2v) is 7.87. The SMILES string of the molecule is CC(C)(C)N(C(=O)c1ccccc1)N(Cc1ccccc1)C(=O)c1ccccc1. The zero-order chi connectivity index (χ0) is 20.9. The number of nitrogens with zero attached hydrogens (tertiary/aromatic N) is 2. The number of hydrazine groups is 1. The molecule has 4 heteroatoms. The maximum atomic E-state index is 13.5. The maximum absolute atomic E-state index is 13.5. The van der Waals surface area contributed by atoms with E-state index in [0.717, 1.165) is 5.56 Å². The van der Waals surface area contributed by atoms with Crippen LogP contribution >= 0.6 is 0 Å². The van der Waals surface area contributed by atoms with E-state index in [2.05, 4.69) is 0 Å². The van der Waals surface area contributed by atoms with Gasteiger partial charge in [0, 0.05) is 11.1 Å². The Labute approximate surface area is 172 Å². The van der Waals surface area contributed by atoms with Crippen LogP contribution in [0.3, 0.4) is 0 Å². The van der Waals surface area contributed by atoms with Crippen LogP contribution in [-0.2, 0) is 6.54 Å². The fourth-order valence-electron chi connectivity index (χ4n) is 3.20. The average Bonchev–Trinajstić information content (AvgIpc) is 2.73. The van der Waals surface area contributed by atoms with Gasteiger partial charge in [-0.25, -0.2) is 10.0 Å². The normalized spacial score (nSPS) is 11.0. The van der Waals surface area contributed by atoms with Crippen molar-refractivity contribution in [2.45, 2.75) is 32.9 Å². The van der Waals surface area contributed by atoms with Crippen LogP contribution < -0.4 is 0 Å². The minimum absolute atomic E-state index is 0.210. The summed E-state index contributed by atoms with van der Waals surface area (Å²) in [6, 6.07) is 27.9. The molecule has 0 radical (unpaired) electrons. The molecular formula is C25H26N2O2. The predicted molar refractivity (Wildman–Crippen MR) is 115 cm³/mol. The van der Waals surface area contributed by atoms with Gasteiger partial charge in [-0.3, -0.25) is 9.59 Å². The lowest BCUT2D eigenvalue weighted by molar-refractivity contribution is -0.0477. The lowest BCUT2D eigenvalue weighted by atomic mass is 10.1. The van der Waals surface area contributed by atoms with Crippen LogP contribution in [-0.4, -0.2) is 27.4 Å². The quantitative estimate of drug-likeness (QED) is 0.579. The molecule has 0 heterocycles. The molecule has 0 N–H and O–H groups in total. The molecule has 0 saturated carbocycles. The fraction of sp³-hybridized carbons (Fsp3) is 0.200. The van der Waals surface area contributed by atoms with E-state index in [1.807, 2.05) is 87.5 Å². The molecule has 0 aliphatic rings. The van der Waals surface area contributed by atoms with Crippen LogP contribution in [0.1, 0.15) is 47.1 Å². The first-order valence-electron chi connectivity index (χ1n) is 9.68. The number of benzene rings is 3. The standard InChI is InChI=1S/C25H26N2O2/c1-25(2,3)27(24(29)22-17-11-6-12-18-22)26(19-20-13-7-4-8-14-20)23(28)21-15-9-5-10-16-21/h4-18H,19H2,1-3H3. The number of carbonyl (C=O) groups is 2. The Morgan fingerprint density at radius 1 is 0.655 bits per heavy atom. The highest BCUT2D eigenvalue weighted by Gasteiger charge is 2.36. The van der Waals surface area contributed by atoms with Gasteiger partial charge in [0.1, 0.15) is 0 Å². The topological polar surface area (TPSA) is 40.6 Å². The molecule has 148 valence electrons. The zero-order valence-corrected chi connectivity index (χ0v) is 17.1. The Morgan fingerprint density at radius 3 is 1.52 bits per heavy atom. The van der Waals surface area contributed by atoms with Gasteiger partial charge in [-0.05, 0) is 50.6 Å². The lowest BCUT2D eigenvalue weighted by Crippen LogP contribution is -2.57. The number of hydrogen-bond acceptors (Lipinski definition) is 2. The number of carbonyl (C=O) groups excluding carboxylic acids is 2. The van der Waals surface area contributed by atoms with Gasteiger partial charge in [0.05, 0.1) is 12.1 Å². The van der Waals surface area contributed by atoms with E-state index in [0.29, 0.717) is 17.7 Å². The van der Waals surface area contributed by atoms with Crippen molar-refractivity contribution in [2.75, 3.05) is 0 Å². The zero-order valence-electron chi connectivity index (χ0n) is 17.1. The molecule has 2 amide bonds. The summed E-state index contributed by atoms with van der Waals surface area (Å²) in [5.41, 5.74) is 1.43. The first kappa shape index (κ1) is 20.3. The van der Waals surface area contributed by atoms with Crippen LogP contribution in [0.25, 0.3) is 0 Å². The van der Waals surface area contributed by atoms with Crippen molar-refractivity contribution in [2.24, 2.45) is 0 Å². The number of rotatable bonds is 4. The van der Waals surface area contributed by atoms with Crippen molar-refractivity contribution < 1.29 is 9.59 Å². The van der Waals surface area contributed by atoms with Gasteiger partial charge in [0.15, 0.2) is 0 Å². The summed E-state index contributed by atoms with van der Waals surface area (Å²) in [5.74, 6) is -0.424. The van der Waals surface area contributed by atoms with Crippen LogP contribution in [0.4, 0.5) is 0 Å². The van der Waals surface area contributed by atoms with Gasteiger partial charge < -0.3 is 0 Å². The largest absolute Gasteiger partial charge is 0.272 e. The molecule has 29 heavy (non-hydrogen) atoms. The monoisotopic (exact) mass is 386 g/mol. The molecule has 3 aromatic carbocycles. The van der Waals surface area contributed by atoms with E-state index in [-0.39, 0.29) is 11.8 Å². The van der Waals surface area contributed by atoms with E-state index in [1.165, 1.54) is 0 Å². The second-order valence-electron chi connectivity index (χ2n) is 7.87. The lowest BCUT2D eigenvalue weighted by Gasteiger charge is -2.43. The molecule has 4 nitrogen and oxygen atoms in total. The Kier molecular flexibility index (Phi) is 6.13. The van der Waals surface area contributed by atoms with Gasteiger partial charge in [0.25, 0.3) is 11.8 Å². The third-order valence-electron chi connectivity index (χ3n) is 4.52. The minimum Gasteiger partial charge on any atom is -0.267 e. The summed E-state index contributed by atoms with van der Waals surface area (Å²) in [5, 5.41) is 3.13. The third kappa shape index (κ3) is 4.91. The maximum Gasteiger partial charge on any atom is 0.272 e. The summed E-state index contributed by atoms with van der Waals surface area (Å²) < 4.78 is 0. The molecule has 0 aromatic heterocycles. The van der Waals surface area contributed by atoms with Crippen molar-refractivity contribution in [1.29, 1.82) is 0 Å². The van der Waals surface area contributed by atoms with Gasteiger partial charge in [-0.15, -0.1) is 0 Å². The molecular weight excluding hydrogens is 360 g/mol. The Bertz CT molecular complexity index is 948. The van der Waals surface area contributed by atoms with E-state index >= 15 is 0 Å². The highest BCUT2D eigenvalue weighted by Crippen LogP contribution is 2.24. The van der Waals surface area contributed by atoms with Gasteiger partial charge in [-0.2, -0.15) is 0 Å². The molecule has 0 fully saturated rings. The molecule has 0 aliphatic heterocycles. The third-order valence-corrected chi connectivity index (χ3v) is 4.52. The molecule has 3 aromatic rings. The molecule has 0 atom stereocenters. The van der Waals surface area contributed by atoms with Gasteiger partial charge in [-0.1, -0.05) is 66.7 Å². The van der Waals surface area contributed by atoms with Crippen molar-refractivity contribution in [1.82, 2.24) is 10.0 Å². The minimum atomic E-state index is -0.605. The molecule has 3 rings (SSSR count). The second kappa shape index (κ2) is 8.74. The first-order valence-corrected chi connectivity index (χ1v) is 9.68. The van der Waals surface area contributed by atoms with Crippen LogP contribution in [0.2, 0.25) is 0 Å². The van der Waals surface area contributed by atoms with Gasteiger partial charge >= 0.3 is 0 Å². The van der Waals surface area contributed by atoms with Crippen LogP contribution in [0.5, 0.6) is 0 Å².